The van der Waals surface area contributed by atoms with Gasteiger partial charge < -0.3 is 5.73 Å². The molecule has 2 N–H and O–H groups in total. The zero-order chi connectivity index (χ0) is 8.43. The molecule has 0 atom stereocenters. The molecule has 1 aromatic carbocycles. The third-order valence-corrected chi connectivity index (χ3v) is 1.84. The van der Waals surface area contributed by atoms with Gasteiger partial charge in [0.05, 0.1) is 0 Å². The van der Waals surface area contributed by atoms with Crippen LogP contribution in [0.1, 0.15) is 17.3 Å². The summed E-state index contributed by atoms with van der Waals surface area (Å²) in [5.74, 6) is 0.0185. The van der Waals surface area contributed by atoms with Crippen LogP contribution in [0.15, 0.2) is 23.1 Å². The van der Waals surface area contributed by atoms with Gasteiger partial charge in [0.25, 0.3) is 0 Å². The van der Waals surface area contributed by atoms with Crippen molar-refractivity contribution >= 4 is 24.1 Å². The second kappa shape index (κ2) is 4.63. The number of Topliss-reactive ketones (excluding diaryl/α,β-unsaturated/α-hetero) is 1. The summed E-state index contributed by atoms with van der Waals surface area (Å²) in [4.78, 5) is 11.5. The van der Waals surface area contributed by atoms with Gasteiger partial charge in [-0.3, -0.25) is 4.79 Å². The maximum absolute atomic E-state index is 10.8. The molecule has 0 aliphatic rings. The molecule has 1 rings (SSSR count). The van der Waals surface area contributed by atoms with Crippen LogP contribution in [0.4, 0.5) is 5.69 Å². The van der Waals surface area contributed by atoms with Crippen molar-refractivity contribution in [3.8, 4) is 0 Å². The fraction of sp³-hybridized carbons (Fsp3) is 0.125. The van der Waals surface area contributed by atoms with Crippen LogP contribution in [0.25, 0.3) is 0 Å². The average molecular weight is 233 g/mol. The minimum Gasteiger partial charge on any atom is -0.398 e. The van der Waals surface area contributed by atoms with Crippen LogP contribution in [0.3, 0.4) is 0 Å². The molecule has 0 aliphatic carbocycles. The molecule has 0 saturated heterocycles. The Bertz CT molecular complexity index is 301. The van der Waals surface area contributed by atoms with Gasteiger partial charge in [0.1, 0.15) is 0 Å². The van der Waals surface area contributed by atoms with E-state index in [9.17, 15) is 4.79 Å². The largest absolute Gasteiger partial charge is 2.00 e. The molecule has 0 aromatic heterocycles. The van der Waals surface area contributed by atoms with Gasteiger partial charge in [-0.15, -0.1) is 12.6 Å². The summed E-state index contributed by atoms with van der Waals surface area (Å²) in [6.07, 6.45) is 0. The third-order valence-electron chi connectivity index (χ3n) is 1.43. The Labute approximate surface area is 89.7 Å². The quantitative estimate of drug-likeness (QED) is 0.335. The third kappa shape index (κ3) is 2.61. The predicted molar refractivity (Wildman–Crippen MR) is 48.1 cm³/mol. The van der Waals surface area contributed by atoms with Gasteiger partial charge in [0.15, 0.2) is 5.78 Å². The first-order valence-corrected chi connectivity index (χ1v) is 3.65. The maximum Gasteiger partial charge on any atom is 2.00 e. The molecule has 0 heterocycles. The molecule has 2 nitrogen and oxygen atoms in total. The number of nitrogens with two attached hydrogens (primary N) is 1. The number of rotatable bonds is 1. The second-order valence-corrected chi connectivity index (χ2v) is 2.81. The fourth-order valence-corrected chi connectivity index (χ4v) is 0.913. The summed E-state index contributed by atoms with van der Waals surface area (Å²) in [6.45, 7) is 1.51. The van der Waals surface area contributed by atoms with E-state index in [-0.39, 0.29) is 25.3 Å². The van der Waals surface area contributed by atoms with Gasteiger partial charge in [0.2, 0.25) is 0 Å². The van der Waals surface area contributed by atoms with Crippen LogP contribution >= 0.6 is 12.6 Å². The van der Waals surface area contributed by atoms with E-state index in [1.807, 2.05) is 0 Å². The Kier molecular flexibility index (Phi) is 4.50. The van der Waals surface area contributed by atoms with E-state index < -0.39 is 0 Å². The first kappa shape index (κ1) is 11.7. The Balaban J connectivity index is 0.00000121. The summed E-state index contributed by atoms with van der Waals surface area (Å²) in [6, 6.07) is 5.06. The van der Waals surface area contributed by atoms with Gasteiger partial charge in [0, 0.05) is 16.1 Å². The van der Waals surface area contributed by atoms with E-state index >= 15 is 0 Å². The smallest absolute Gasteiger partial charge is 0.398 e. The molecule has 58 valence electrons. The van der Waals surface area contributed by atoms with E-state index in [2.05, 4.69) is 12.6 Å². The van der Waals surface area contributed by atoms with Gasteiger partial charge in [-0.05, 0) is 19.1 Å². The first-order chi connectivity index (χ1) is 5.11. The summed E-state index contributed by atoms with van der Waals surface area (Å²) in [5, 5.41) is 0. The Morgan fingerprint density at radius 2 is 2.08 bits per heavy atom. The summed E-state index contributed by atoms with van der Waals surface area (Å²) in [7, 11) is 0. The van der Waals surface area contributed by atoms with Crippen molar-refractivity contribution < 1.29 is 24.3 Å². The van der Waals surface area contributed by atoms with Gasteiger partial charge >= 0.3 is 19.5 Å². The van der Waals surface area contributed by atoms with Crippen molar-refractivity contribution in [1.29, 1.82) is 0 Å². The number of hydrogen-bond donors (Lipinski definition) is 2. The van der Waals surface area contributed by atoms with Crippen LogP contribution in [0.2, 0.25) is 0 Å². The normalized spacial score (nSPS) is 8.83. The van der Waals surface area contributed by atoms with Crippen LogP contribution < -0.4 is 5.73 Å². The van der Waals surface area contributed by atoms with E-state index in [1.54, 1.807) is 18.2 Å². The number of carbonyl (C=O) groups is 1. The van der Waals surface area contributed by atoms with E-state index in [0.717, 1.165) is 0 Å². The molecule has 0 saturated carbocycles. The van der Waals surface area contributed by atoms with E-state index in [0.29, 0.717) is 16.1 Å². The molecule has 0 bridgehead atoms. The molecule has 0 unspecified atom stereocenters. The minimum absolute atomic E-state index is 0. The molecular formula is C8H9NOSZn+2. The fourth-order valence-electron chi connectivity index (χ4n) is 0.774. The Hall–Kier alpha value is -0.337. The molecule has 4 heteroatoms. The van der Waals surface area contributed by atoms with Crippen molar-refractivity contribution in [3.05, 3.63) is 23.8 Å². The molecule has 0 spiro atoms. The zero-order valence-electron chi connectivity index (χ0n) is 6.87. The summed E-state index contributed by atoms with van der Waals surface area (Å²) < 4.78 is 0. The SMILES string of the molecule is CC(=O)c1ccc(S)c(N)c1.[Zn+2]. The molecule has 0 fully saturated rings. The van der Waals surface area contributed by atoms with Crippen molar-refractivity contribution in [1.82, 2.24) is 0 Å². The number of nitrogen functional groups attached to an aromatic ring is 1. The number of thiol groups is 1. The van der Waals surface area contributed by atoms with Gasteiger partial charge in [-0.25, -0.2) is 0 Å². The predicted octanol–water partition coefficient (Wildman–Crippen LogP) is 1.76. The van der Waals surface area contributed by atoms with E-state index in [1.165, 1.54) is 6.92 Å². The minimum atomic E-state index is 0. The van der Waals surface area contributed by atoms with Crippen molar-refractivity contribution in [3.63, 3.8) is 0 Å². The van der Waals surface area contributed by atoms with Gasteiger partial charge in [-0.2, -0.15) is 0 Å². The van der Waals surface area contributed by atoms with Crippen LogP contribution in [-0.2, 0) is 19.5 Å². The molecular weight excluding hydrogens is 224 g/mol. The van der Waals surface area contributed by atoms with E-state index in [4.69, 9.17) is 5.73 Å². The van der Waals surface area contributed by atoms with Crippen LogP contribution in [-0.4, -0.2) is 5.78 Å². The maximum atomic E-state index is 10.8. The molecule has 1 aromatic rings. The first-order valence-electron chi connectivity index (χ1n) is 3.20. The topological polar surface area (TPSA) is 43.1 Å². The average Bonchev–Trinajstić information content (AvgIpc) is 1.94. The van der Waals surface area contributed by atoms with Crippen LogP contribution in [0.5, 0.6) is 0 Å². The number of carbonyl (C=O) groups excluding carboxylic acids is 1. The number of benzene rings is 1. The molecule has 0 amide bonds. The van der Waals surface area contributed by atoms with Gasteiger partial charge in [-0.1, -0.05) is 6.07 Å². The number of ketones is 1. The standard InChI is InChI=1S/C8H9NOS.Zn/c1-5(10)6-2-3-8(11)7(9)4-6;/h2-4,11H,9H2,1H3;/q;+2. The van der Waals surface area contributed by atoms with Crippen molar-refractivity contribution in [2.24, 2.45) is 0 Å². The van der Waals surface area contributed by atoms with Crippen molar-refractivity contribution in [2.45, 2.75) is 11.8 Å². The van der Waals surface area contributed by atoms with Crippen LogP contribution in [0, 0.1) is 0 Å². The summed E-state index contributed by atoms with van der Waals surface area (Å²) in [5.41, 5.74) is 6.70. The number of anilines is 1. The number of hydrogen-bond acceptors (Lipinski definition) is 3. The molecule has 12 heavy (non-hydrogen) atoms. The summed E-state index contributed by atoms with van der Waals surface area (Å²) >= 11 is 4.08. The zero-order valence-corrected chi connectivity index (χ0v) is 10.7. The molecule has 0 aliphatic heterocycles. The second-order valence-electron chi connectivity index (χ2n) is 2.33. The molecule has 0 radical (unpaired) electrons. The Morgan fingerprint density at radius 1 is 1.50 bits per heavy atom. The van der Waals surface area contributed by atoms with Crippen molar-refractivity contribution in [2.75, 3.05) is 5.73 Å². The Morgan fingerprint density at radius 3 is 2.50 bits per heavy atom. The monoisotopic (exact) mass is 231 g/mol.